The van der Waals surface area contributed by atoms with Crippen LogP contribution in [0.4, 0.5) is 11.4 Å². The molecule has 5 nitrogen and oxygen atoms in total. The van der Waals surface area contributed by atoms with Crippen molar-refractivity contribution in [2.24, 2.45) is 0 Å². The maximum atomic E-state index is 12.8. The molecule has 7 heteroatoms. The van der Waals surface area contributed by atoms with E-state index in [0.29, 0.717) is 33.4 Å². The maximum Gasteiger partial charge on any atom is 0.267 e. The number of hydrogen-bond acceptors (Lipinski definition) is 4. The zero-order valence-corrected chi connectivity index (χ0v) is 16.8. The van der Waals surface area contributed by atoms with Gasteiger partial charge in [-0.2, -0.15) is 0 Å². The number of rotatable bonds is 5. The van der Waals surface area contributed by atoms with Gasteiger partial charge in [0.1, 0.15) is 10.6 Å². The maximum absolute atomic E-state index is 12.8. The number of carbonyl (C=O) groups excluding carboxylic acids is 2. The Morgan fingerprint density at radius 3 is 2.52 bits per heavy atom. The van der Waals surface area contributed by atoms with Crippen LogP contribution >= 0.6 is 22.9 Å². The number of hydrogen-bond donors (Lipinski definition) is 2. The number of methoxy groups -OCH3 is 1. The normalized spacial score (nSPS) is 10.7. The Balaban J connectivity index is 1.90. The fourth-order valence-electron chi connectivity index (χ4n) is 2.64. The van der Waals surface area contributed by atoms with Gasteiger partial charge in [-0.1, -0.05) is 24.6 Å². The molecule has 0 unspecified atom stereocenters. The molecule has 140 valence electrons. The van der Waals surface area contributed by atoms with E-state index in [2.05, 4.69) is 10.6 Å². The quantitative estimate of drug-likeness (QED) is 0.594. The third-order valence-electron chi connectivity index (χ3n) is 4.22. The molecular weight excluding hydrogens is 384 g/mol. The van der Waals surface area contributed by atoms with E-state index in [1.807, 2.05) is 25.1 Å². The Morgan fingerprint density at radius 2 is 1.85 bits per heavy atom. The summed E-state index contributed by atoms with van der Waals surface area (Å²) in [5, 5.41) is 6.96. The molecule has 0 aliphatic rings. The minimum atomic E-state index is -0.290. The Bertz CT molecular complexity index is 1030. The highest BCUT2D eigenvalue weighted by Crippen LogP contribution is 2.38. The van der Waals surface area contributed by atoms with Crippen molar-refractivity contribution in [3.8, 4) is 5.75 Å². The molecule has 0 aliphatic carbocycles. The topological polar surface area (TPSA) is 67.4 Å². The van der Waals surface area contributed by atoms with Gasteiger partial charge in [0.25, 0.3) is 5.91 Å². The molecule has 2 amide bonds. The number of fused-ring (bicyclic) bond motifs is 1. The summed E-state index contributed by atoms with van der Waals surface area (Å²) in [6, 6.07) is 10.9. The molecule has 27 heavy (non-hydrogen) atoms. The van der Waals surface area contributed by atoms with Crippen LogP contribution in [0.2, 0.25) is 5.02 Å². The largest absolute Gasteiger partial charge is 0.497 e. The Morgan fingerprint density at radius 1 is 1.15 bits per heavy atom. The predicted octanol–water partition coefficient (Wildman–Crippen LogP) is 5.47. The molecule has 0 aliphatic heterocycles. The van der Waals surface area contributed by atoms with E-state index in [9.17, 15) is 9.59 Å². The van der Waals surface area contributed by atoms with E-state index >= 15 is 0 Å². The van der Waals surface area contributed by atoms with Gasteiger partial charge < -0.3 is 15.4 Å². The van der Waals surface area contributed by atoms with Gasteiger partial charge in [-0.25, -0.2) is 0 Å². The van der Waals surface area contributed by atoms with Crippen LogP contribution in [0, 0.1) is 6.92 Å². The smallest absolute Gasteiger partial charge is 0.267 e. The highest BCUT2D eigenvalue weighted by Gasteiger charge is 2.19. The summed E-state index contributed by atoms with van der Waals surface area (Å²) < 4.78 is 6.11. The van der Waals surface area contributed by atoms with Crippen molar-refractivity contribution in [2.75, 3.05) is 17.7 Å². The first-order chi connectivity index (χ1) is 12.9. The van der Waals surface area contributed by atoms with Crippen LogP contribution < -0.4 is 15.4 Å². The molecule has 1 heterocycles. The van der Waals surface area contributed by atoms with Gasteiger partial charge in [-0.15, -0.1) is 11.3 Å². The molecule has 3 rings (SSSR count). The molecule has 1 aromatic heterocycles. The van der Waals surface area contributed by atoms with Crippen molar-refractivity contribution in [3.63, 3.8) is 0 Å². The number of carbonyl (C=O) groups is 2. The Labute approximate surface area is 166 Å². The zero-order valence-electron chi connectivity index (χ0n) is 15.2. The van der Waals surface area contributed by atoms with E-state index in [0.717, 1.165) is 15.6 Å². The second-order valence-corrected chi connectivity index (χ2v) is 7.37. The fourth-order valence-corrected chi connectivity index (χ4v) is 4.08. The molecule has 2 aromatic carbocycles. The minimum Gasteiger partial charge on any atom is -0.497 e. The van der Waals surface area contributed by atoms with E-state index < -0.39 is 0 Å². The summed E-state index contributed by atoms with van der Waals surface area (Å²) in [5.41, 5.74) is 2.08. The van der Waals surface area contributed by atoms with Crippen molar-refractivity contribution in [1.82, 2.24) is 0 Å². The first-order valence-electron chi connectivity index (χ1n) is 8.41. The summed E-state index contributed by atoms with van der Waals surface area (Å²) in [6.07, 6.45) is 0.386. The first kappa shape index (κ1) is 19.2. The Hall–Kier alpha value is -2.57. The minimum absolute atomic E-state index is 0.0805. The summed E-state index contributed by atoms with van der Waals surface area (Å²) in [5.74, 6) is 0.341. The lowest BCUT2D eigenvalue weighted by Gasteiger charge is -2.13. The van der Waals surface area contributed by atoms with Crippen LogP contribution in [0.25, 0.3) is 10.1 Å². The highest BCUT2D eigenvalue weighted by atomic mass is 35.5. The van der Waals surface area contributed by atoms with Crippen LogP contribution in [0.3, 0.4) is 0 Å². The van der Waals surface area contributed by atoms with E-state index in [1.165, 1.54) is 11.3 Å². The molecule has 0 saturated heterocycles. The average molecular weight is 403 g/mol. The Kier molecular flexibility index (Phi) is 5.68. The average Bonchev–Trinajstić information content (AvgIpc) is 3.00. The number of anilines is 2. The van der Waals surface area contributed by atoms with Crippen LogP contribution in [0.5, 0.6) is 5.75 Å². The van der Waals surface area contributed by atoms with Gasteiger partial charge in [-0.3, -0.25) is 9.59 Å². The number of halogens is 1. The van der Waals surface area contributed by atoms with Gasteiger partial charge in [0.15, 0.2) is 0 Å². The second kappa shape index (κ2) is 7.98. The van der Waals surface area contributed by atoms with Gasteiger partial charge >= 0.3 is 0 Å². The van der Waals surface area contributed by atoms with E-state index in [4.69, 9.17) is 16.3 Å². The number of thiophene rings is 1. The number of ether oxygens (including phenoxy) is 1. The highest BCUT2D eigenvalue weighted by molar-refractivity contribution is 7.21. The number of benzene rings is 2. The SMILES string of the molecule is CCC(=O)Nc1cccc(NC(=O)c2sc3cc(OC)ccc3c2Cl)c1C. The lowest BCUT2D eigenvalue weighted by molar-refractivity contribution is -0.115. The lowest BCUT2D eigenvalue weighted by Crippen LogP contribution is -2.14. The van der Waals surface area contributed by atoms with E-state index in [1.54, 1.807) is 32.2 Å². The van der Waals surface area contributed by atoms with Crippen LogP contribution in [-0.4, -0.2) is 18.9 Å². The second-order valence-electron chi connectivity index (χ2n) is 5.94. The number of amides is 2. The van der Waals surface area contributed by atoms with Crippen molar-refractivity contribution < 1.29 is 14.3 Å². The molecule has 0 fully saturated rings. The summed E-state index contributed by atoms with van der Waals surface area (Å²) in [4.78, 5) is 24.9. The van der Waals surface area contributed by atoms with Crippen molar-refractivity contribution in [3.05, 3.63) is 51.9 Å². The third-order valence-corrected chi connectivity index (χ3v) is 5.88. The van der Waals surface area contributed by atoms with Gasteiger partial charge in [-0.05, 0) is 42.8 Å². The predicted molar refractivity (Wildman–Crippen MR) is 111 cm³/mol. The molecule has 0 radical (unpaired) electrons. The van der Waals surface area contributed by atoms with Crippen molar-refractivity contribution >= 4 is 56.2 Å². The van der Waals surface area contributed by atoms with Gasteiger partial charge in [0.05, 0.1) is 12.1 Å². The fraction of sp³-hybridized carbons (Fsp3) is 0.200. The first-order valence-corrected chi connectivity index (χ1v) is 9.61. The monoisotopic (exact) mass is 402 g/mol. The summed E-state index contributed by atoms with van der Waals surface area (Å²) >= 11 is 7.74. The van der Waals surface area contributed by atoms with Gasteiger partial charge in [0, 0.05) is 27.9 Å². The van der Waals surface area contributed by atoms with Crippen LogP contribution in [0.15, 0.2) is 36.4 Å². The zero-order chi connectivity index (χ0) is 19.6. The summed E-state index contributed by atoms with van der Waals surface area (Å²) in [6.45, 7) is 3.63. The van der Waals surface area contributed by atoms with Crippen LogP contribution in [-0.2, 0) is 4.79 Å². The number of nitrogens with one attached hydrogen (secondary N) is 2. The lowest BCUT2D eigenvalue weighted by atomic mass is 10.1. The molecule has 2 N–H and O–H groups in total. The molecule has 0 bridgehead atoms. The molecular formula is C20H19ClN2O3S. The van der Waals surface area contributed by atoms with Crippen molar-refractivity contribution in [2.45, 2.75) is 20.3 Å². The molecule has 0 atom stereocenters. The van der Waals surface area contributed by atoms with Crippen LogP contribution in [0.1, 0.15) is 28.6 Å². The van der Waals surface area contributed by atoms with Gasteiger partial charge in [0.2, 0.25) is 5.91 Å². The van der Waals surface area contributed by atoms with Crippen molar-refractivity contribution in [1.29, 1.82) is 0 Å². The summed E-state index contributed by atoms with van der Waals surface area (Å²) in [7, 11) is 1.59. The molecule has 3 aromatic rings. The third kappa shape index (κ3) is 3.91. The van der Waals surface area contributed by atoms with E-state index in [-0.39, 0.29) is 11.8 Å². The molecule has 0 saturated carbocycles. The molecule has 0 spiro atoms. The standard InChI is InChI=1S/C20H19ClN2O3S/c1-4-17(24)22-14-6-5-7-15(11(14)2)23-20(25)19-18(21)13-9-8-12(26-3)10-16(13)27-19/h5-10H,4H2,1-3H3,(H,22,24)(H,23,25).